The number of unbranched alkanes of at least 4 members (excludes halogenated alkanes) is 2. The lowest BCUT2D eigenvalue weighted by atomic mass is 10.1. The number of furan rings is 1. The van der Waals surface area contributed by atoms with Crippen molar-refractivity contribution in [1.82, 2.24) is 9.97 Å². The minimum atomic E-state index is -0.516. The number of ketones is 1. The number of nitrogens with one attached hydrogen (secondary N) is 1. The van der Waals surface area contributed by atoms with Crippen molar-refractivity contribution in [1.29, 1.82) is 0 Å². The maximum Gasteiger partial charge on any atom is 0.291 e. The SMILES string of the molecule is COc1cc2ncnc(Nc3ccc(F)c(Cl)c3)c2cc1Oc1ccc(C#CCCCCC(=O)CO)o1. The van der Waals surface area contributed by atoms with E-state index in [0.717, 1.165) is 6.42 Å². The van der Waals surface area contributed by atoms with Gasteiger partial charge in [-0.15, -0.1) is 0 Å². The summed E-state index contributed by atoms with van der Waals surface area (Å²) in [5.41, 5.74) is 1.15. The first-order valence-corrected chi connectivity index (χ1v) is 11.8. The molecule has 0 aliphatic heterocycles. The van der Waals surface area contributed by atoms with E-state index in [9.17, 15) is 9.18 Å². The van der Waals surface area contributed by atoms with Gasteiger partial charge in [-0.1, -0.05) is 17.5 Å². The molecule has 0 atom stereocenters. The maximum atomic E-state index is 13.5. The molecule has 2 N–H and O–H groups in total. The van der Waals surface area contributed by atoms with Gasteiger partial charge in [0.25, 0.3) is 5.95 Å². The van der Waals surface area contributed by atoms with Gasteiger partial charge >= 0.3 is 0 Å². The van der Waals surface area contributed by atoms with Crippen LogP contribution in [0.1, 0.15) is 31.4 Å². The molecule has 0 spiro atoms. The van der Waals surface area contributed by atoms with E-state index in [4.69, 9.17) is 30.6 Å². The third-order valence-electron chi connectivity index (χ3n) is 5.29. The number of halogens is 2. The highest BCUT2D eigenvalue weighted by atomic mass is 35.5. The number of ether oxygens (including phenoxy) is 2. The third-order valence-corrected chi connectivity index (χ3v) is 5.58. The molecule has 0 bridgehead atoms. The average molecular weight is 524 g/mol. The van der Waals surface area contributed by atoms with Crippen LogP contribution in [0.4, 0.5) is 15.9 Å². The number of Topliss-reactive ketones (excluding diaryl/α,β-unsaturated/α-hetero) is 1. The van der Waals surface area contributed by atoms with Gasteiger partial charge in [0.05, 0.1) is 17.6 Å². The predicted molar refractivity (Wildman–Crippen MR) is 137 cm³/mol. The zero-order valence-corrected chi connectivity index (χ0v) is 20.6. The Morgan fingerprint density at radius 1 is 1.16 bits per heavy atom. The van der Waals surface area contributed by atoms with Crippen LogP contribution in [0.25, 0.3) is 10.9 Å². The van der Waals surface area contributed by atoms with E-state index in [0.29, 0.717) is 58.9 Å². The second-order valence-corrected chi connectivity index (χ2v) is 8.33. The Morgan fingerprint density at radius 2 is 2.03 bits per heavy atom. The van der Waals surface area contributed by atoms with Crippen molar-refractivity contribution in [2.45, 2.75) is 25.7 Å². The molecule has 0 radical (unpaired) electrons. The maximum absolute atomic E-state index is 13.5. The highest BCUT2D eigenvalue weighted by Crippen LogP contribution is 2.38. The molecule has 0 aliphatic rings. The van der Waals surface area contributed by atoms with Crippen LogP contribution in [0.15, 0.2) is 53.2 Å². The minimum absolute atomic E-state index is 0.0115. The Hall–Kier alpha value is -4.13. The summed E-state index contributed by atoms with van der Waals surface area (Å²) >= 11 is 5.90. The van der Waals surface area contributed by atoms with Gasteiger partial charge < -0.3 is 24.3 Å². The van der Waals surface area contributed by atoms with Crippen LogP contribution in [0.3, 0.4) is 0 Å². The second-order valence-electron chi connectivity index (χ2n) is 7.92. The molecular formula is C27H23ClFN3O5. The minimum Gasteiger partial charge on any atom is -0.493 e. The van der Waals surface area contributed by atoms with E-state index in [1.165, 1.54) is 25.6 Å². The van der Waals surface area contributed by atoms with Crippen molar-refractivity contribution in [3.63, 3.8) is 0 Å². The lowest BCUT2D eigenvalue weighted by molar-refractivity contribution is -0.121. The molecule has 0 saturated carbocycles. The molecule has 0 fully saturated rings. The summed E-state index contributed by atoms with van der Waals surface area (Å²) in [4.78, 5) is 19.7. The van der Waals surface area contributed by atoms with Crippen LogP contribution in [0.2, 0.25) is 5.02 Å². The molecule has 10 heteroatoms. The predicted octanol–water partition coefficient (Wildman–Crippen LogP) is 6.03. The molecule has 0 aliphatic carbocycles. The molecule has 0 unspecified atom stereocenters. The number of hydrogen-bond donors (Lipinski definition) is 2. The number of aliphatic hydroxyl groups excluding tert-OH is 1. The first-order chi connectivity index (χ1) is 18.0. The summed E-state index contributed by atoms with van der Waals surface area (Å²) in [6.45, 7) is -0.420. The van der Waals surface area contributed by atoms with E-state index in [-0.39, 0.29) is 16.8 Å². The summed E-state index contributed by atoms with van der Waals surface area (Å²) in [6, 6.07) is 11.0. The number of anilines is 2. The quantitative estimate of drug-likeness (QED) is 0.191. The summed E-state index contributed by atoms with van der Waals surface area (Å²) in [5.74, 6) is 7.15. The fourth-order valence-corrected chi connectivity index (χ4v) is 3.61. The van der Waals surface area contributed by atoms with Gasteiger partial charge in [-0.25, -0.2) is 14.4 Å². The molecule has 2 aromatic carbocycles. The van der Waals surface area contributed by atoms with Crippen molar-refractivity contribution in [3.8, 4) is 29.3 Å². The molecule has 2 aromatic heterocycles. The van der Waals surface area contributed by atoms with Gasteiger partial charge in [0.1, 0.15) is 24.6 Å². The molecule has 4 aromatic rings. The molecule has 0 amide bonds. The summed E-state index contributed by atoms with van der Waals surface area (Å²) in [6.07, 6.45) is 3.78. The third kappa shape index (κ3) is 6.76. The Kier molecular flexibility index (Phi) is 8.56. The van der Waals surface area contributed by atoms with Crippen LogP contribution < -0.4 is 14.8 Å². The molecular weight excluding hydrogens is 501 g/mol. The molecule has 37 heavy (non-hydrogen) atoms. The van der Waals surface area contributed by atoms with Crippen molar-refractivity contribution in [2.24, 2.45) is 0 Å². The fraction of sp³-hybridized carbons (Fsp3) is 0.222. The number of benzene rings is 2. The monoisotopic (exact) mass is 523 g/mol. The smallest absolute Gasteiger partial charge is 0.291 e. The van der Waals surface area contributed by atoms with E-state index in [1.54, 1.807) is 30.3 Å². The van der Waals surface area contributed by atoms with Crippen molar-refractivity contribution < 1.29 is 28.2 Å². The summed E-state index contributed by atoms with van der Waals surface area (Å²) < 4.78 is 30.6. The van der Waals surface area contributed by atoms with Crippen LogP contribution in [0, 0.1) is 17.7 Å². The Labute approximate surface area is 217 Å². The van der Waals surface area contributed by atoms with E-state index >= 15 is 0 Å². The number of aromatic nitrogens is 2. The van der Waals surface area contributed by atoms with E-state index in [2.05, 4.69) is 27.1 Å². The highest BCUT2D eigenvalue weighted by Gasteiger charge is 2.14. The molecule has 0 saturated heterocycles. The number of carbonyl (C=O) groups is 1. The highest BCUT2D eigenvalue weighted by molar-refractivity contribution is 6.31. The number of nitrogens with zero attached hydrogens (tertiary/aromatic N) is 2. The zero-order chi connectivity index (χ0) is 26.2. The first-order valence-electron chi connectivity index (χ1n) is 11.4. The fourth-order valence-electron chi connectivity index (χ4n) is 3.43. The van der Waals surface area contributed by atoms with Crippen LogP contribution in [-0.4, -0.2) is 34.6 Å². The van der Waals surface area contributed by atoms with Gasteiger partial charge in [-0.3, -0.25) is 4.79 Å². The molecule has 2 heterocycles. The van der Waals surface area contributed by atoms with Gasteiger partial charge in [-0.2, -0.15) is 0 Å². The Morgan fingerprint density at radius 3 is 2.81 bits per heavy atom. The number of carbonyl (C=O) groups excluding carboxylic acids is 1. The number of hydrogen-bond acceptors (Lipinski definition) is 8. The second kappa shape index (κ2) is 12.2. The van der Waals surface area contributed by atoms with Crippen molar-refractivity contribution in [3.05, 3.63) is 65.4 Å². The van der Waals surface area contributed by atoms with Gasteiger partial charge in [0.15, 0.2) is 23.0 Å². The Bertz CT molecular complexity index is 1480. The zero-order valence-electron chi connectivity index (χ0n) is 19.9. The van der Waals surface area contributed by atoms with Crippen LogP contribution >= 0.6 is 11.6 Å². The Balaban J connectivity index is 1.50. The van der Waals surface area contributed by atoms with E-state index in [1.807, 2.05) is 0 Å². The van der Waals surface area contributed by atoms with Gasteiger partial charge in [0.2, 0.25) is 0 Å². The molecule has 8 nitrogen and oxygen atoms in total. The topological polar surface area (TPSA) is 107 Å². The number of rotatable bonds is 10. The number of aliphatic hydroxyl groups is 1. The van der Waals surface area contributed by atoms with Crippen LogP contribution in [0.5, 0.6) is 17.4 Å². The lowest BCUT2D eigenvalue weighted by Gasteiger charge is -2.13. The van der Waals surface area contributed by atoms with Crippen molar-refractivity contribution >= 4 is 39.8 Å². The number of methoxy groups -OCH3 is 1. The molecule has 190 valence electrons. The normalized spacial score (nSPS) is 10.6. The average Bonchev–Trinajstić information content (AvgIpc) is 3.35. The lowest BCUT2D eigenvalue weighted by Crippen LogP contribution is -2.02. The van der Waals surface area contributed by atoms with Crippen LogP contribution in [-0.2, 0) is 4.79 Å². The first kappa shape index (κ1) is 25.9. The molecule has 4 rings (SSSR count). The van der Waals surface area contributed by atoms with E-state index < -0.39 is 12.4 Å². The summed E-state index contributed by atoms with van der Waals surface area (Å²) in [7, 11) is 1.52. The van der Waals surface area contributed by atoms with Gasteiger partial charge in [0, 0.05) is 36.0 Å². The largest absolute Gasteiger partial charge is 0.493 e. The standard InChI is InChI=1S/C27H23ClFN3O5/c1-35-24-14-23-20(27(31-16-30-23)32-17-8-10-22(29)21(28)12-17)13-25(24)37-26-11-9-19(36-26)7-5-3-2-4-6-18(34)15-33/h8-14,16,33H,2-4,6,15H2,1H3,(H,30,31,32). The summed E-state index contributed by atoms with van der Waals surface area (Å²) in [5, 5.41) is 12.5. The van der Waals surface area contributed by atoms with Gasteiger partial charge in [-0.05, 0) is 49.1 Å². The number of fused-ring (bicyclic) bond motifs is 1. The van der Waals surface area contributed by atoms with Crippen molar-refractivity contribution in [2.75, 3.05) is 19.0 Å².